The number of carbonyl (C=O) groups excluding carboxylic acids is 2. The van der Waals surface area contributed by atoms with Gasteiger partial charge in [0, 0.05) is 10.0 Å². The minimum absolute atomic E-state index is 0.160. The molecule has 2 aromatic carbocycles. The number of hydrogen-bond donors (Lipinski definition) is 1. The zero-order chi connectivity index (χ0) is 17.3. The highest BCUT2D eigenvalue weighted by molar-refractivity contribution is 9.10. The molecule has 1 aliphatic heterocycles. The number of ether oxygens (including phenoxy) is 1. The van der Waals surface area contributed by atoms with Crippen molar-refractivity contribution in [2.24, 2.45) is 5.73 Å². The summed E-state index contributed by atoms with van der Waals surface area (Å²) in [5.74, 6) is -1.21. The van der Waals surface area contributed by atoms with Crippen LogP contribution in [-0.4, -0.2) is 18.5 Å². The van der Waals surface area contributed by atoms with Crippen molar-refractivity contribution in [3.05, 3.63) is 64.1 Å². The molecule has 1 unspecified atom stereocenters. The van der Waals surface area contributed by atoms with Crippen molar-refractivity contribution >= 4 is 33.5 Å². The Bertz CT molecular complexity index is 794. The van der Waals surface area contributed by atoms with Gasteiger partial charge in [-0.15, -0.1) is 0 Å². The highest BCUT2D eigenvalue weighted by atomic mass is 79.9. The number of halogens is 1. The quantitative estimate of drug-likeness (QED) is 0.645. The van der Waals surface area contributed by atoms with Gasteiger partial charge in [-0.1, -0.05) is 46.3 Å². The van der Waals surface area contributed by atoms with Crippen LogP contribution in [0.15, 0.2) is 53.0 Å². The number of nitrogens with two attached hydrogens (primary N) is 1. The molecule has 1 heterocycles. The fraction of sp³-hybridized carbons (Fsp3) is 0.222. The smallest absolute Gasteiger partial charge is 0.340 e. The summed E-state index contributed by atoms with van der Waals surface area (Å²) in [5, 5.41) is 0. The molecule has 0 fully saturated rings. The van der Waals surface area contributed by atoms with Crippen LogP contribution in [0.25, 0.3) is 0 Å². The molecule has 0 aliphatic carbocycles. The van der Waals surface area contributed by atoms with E-state index >= 15 is 0 Å². The Morgan fingerprint density at radius 3 is 2.62 bits per heavy atom. The van der Waals surface area contributed by atoms with Gasteiger partial charge in [0.05, 0.1) is 18.8 Å². The van der Waals surface area contributed by atoms with Crippen LogP contribution in [0.1, 0.15) is 18.1 Å². The zero-order valence-corrected chi connectivity index (χ0v) is 14.7. The molecule has 5 nitrogen and oxygen atoms in total. The number of carbonyl (C=O) groups is 2. The first-order chi connectivity index (χ1) is 11.5. The van der Waals surface area contributed by atoms with Gasteiger partial charge in [0.15, 0.2) is 0 Å². The minimum Gasteiger partial charge on any atom is -0.464 e. The molecular formula is C18H17BrN2O3. The van der Waals surface area contributed by atoms with Crippen molar-refractivity contribution in [2.75, 3.05) is 11.5 Å². The molecule has 0 radical (unpaired) electrons. The molecule has 2 aromatic rings. The third kappa shape index (κ3) is 2.61. The van der Waals surface area contributed by atoms with E-state index in [0.29, 0.717) is 17.8 Å². The fourth-order valence-corrected chi connectivity index (χ4v) is 3.22. The van der Waals surface area contributed by atoms with Crippen LogP contribution in [0.4, 0.5) is 5.69 Å². The Balaban J connectivity index is 2.07. The maximum atomic E-state index is 13.0. The van der Waals surface area contributed by atoms with Gasteiger partial charge in [0.25, 0.3) is 5.91 Å². The Kier molecular flexibility index (Phi) is 4.43. The second-order valence-electron chi connectivity index (χ2n) is 5.57. The maximum Gasteiger partial charge on any atom is 0.340 e. The summed E-state index contributed by atoms with van der Waals surface area (Å²) in [7, 11) is 0. The van der Waals surface area contributed by atoms with Crippen LogP contribution in [0, 0.1) is 0 Å². The monoisotopic (exact) mass is 388 g/mol. The predicted molar refractivity (Wildman–Crippen MR) is 94.3 cm³/mol. The number of amides is 1. The largest absolute Gasteiger partial charge is 0.464 e. The Labute approximate surface area is 148 Å². The molecule has 24 heavy (non-hydrogen) atoms. The molecule has 0 aromatic heterocycles. The van der Waals surface area contributed by atoms with Gasteiger partial charge in [0.1, 0.15) is 0 Å². The SMILES string of the molecule is CCOC(=O)C1(N)C(=O)N(Cc2ccccc2)c2ccc(Br)cc21. The van der Waals surface area contributed by atoms with Crippen LogP contribution < -0.4 is 10.6 Å². The molecule has 6 heteroatoms. The number of anilines is 1. The number of benzene rings is 2. The Hall–Kier alpha value is -2.18. The van der Waals surface area contributed by atoms with E-state index in [9.17, 15) is 9.59 Å². The van der Waals surface area contributed by atoms with Crippen LogP contribution in [-0.2, 0) is 26.4 Å². The standard InChI is InChI=1S/C18H17BrN2O3/c1-2-24-17(23)18(20)14-10-13(19)8-9-15(14)21(16(18)22)11-12-6-4-3-5-7-12/h3-10H,2,11,20H2,1H3. The lowest BCUT2D eigenvalue weighted by atomic mass is 9.93. The second-order valence-corrected chi connectivity index (χ2v) is 6.48. The van der Waals surface area contributed by atoms with Crippen LogP contribution in [0.2, 0.25) is 0 Å². The van der Waals surface area contributed by atoms with Gasteiger partial charge in [-0.05, 0) is 30.7 Å². The third-order valence-corrected chi connectivity index (χ3v) is 4.53. The van der Waals surface area contributed by atoms with Gasteiger partial charge in [-0.3, -0.25) is 4.79 Å². The van der Waals surface area contributed by atoms with Crippen LogP contribution >= 0.6 is 15.9 Å². The lowest BCUT2D eigenvalue weighted by Gasteiger charge is -2.22. The lowest BCUT2D eigenvalue weighted by Crippen LogP contribution is -2.53. The highest BCUT2D eigenvalue weighted by Crippen LogP contribution is 2.41. The molecular weight excluding hydrogens is 372 g/mol. The van der Waals surface area contributed by atoms with Gasteiger partial charge in [0.2, 0.25) is 5.54 Å². The van der Waals surface area contributed by atoms with Gasteiger partial charge in [-0.2, -0.15) is 0 Å². The summed E-state index contributed by atoms with van der Waals surface area (Å²) < 4.78 is 5.81. The van der Waals surface area contributed by atoms with E-state index in [1.54, 1.807) is 19.1 Å². The summed E-state index contributed by atoms with van der Waals surface area (Å²) in [5.41, 5.74) is 6.49. The van der Waals surface area contributed by atoms with Gasteiger partial charge < -0.3 is 15.4 Å². The highest BCUT2D eigenvalue weighted by Gasteiger charge is 2.55. The summed E-state index contributed by atoms with van der Waals surface area (Å²) in [6, 6.07) is 14.9. The number of hydrogen-bond acceptors (Lipinski definition) is 4. The van der Waals surface area contributed by atoms with E-state index in [1.807, 2.05) is 36.4 Å². The molecule has 0 bridgehead atoms. The topological polar surface area (TPSA) is 72.6 Å². The van der Waals surface area contributed by atoms with Gasteiger partial charge in [-0.25, -0.2) is 4.79 Å². The molecule has 0 saturated heterocycles. The second kappa shape index (κ2) is 6.37. The van der Waals surface area contributed by atoms with Crippen molar-refractivity contribution in [1.82, 2.24) is 0 Å². The molecule has 1 atom stereocenters. The first-order valence-electron chi connectivity index (χ1n) is 7.60. The summed E-state index contributed by atoms with van der Waals surface area (Å²) in [6.07, 6.45) is 0. The first kappa shape index (κ1) is 16.7. The number of esters is 1. The Morgan fingerprint density at radius 2 is 1.96 bits per heavy atom. The average molecular weight is 389 g/mol. The van der Waals surface area contributed by atoms with E-state index < -0.39 is 17.4 Å². The Morgan fingerprint density at radius 1 is 1.25 bits per heavy atom. The molecule has 124 valence electrons. The van der Waals surface area contributed by atoms with Crippen molar-refractivity contribution in [2.45, 2.75) is 19.0 Å². The normalized spacial score (nSPS) is 19.3. The van der Waals surface area contributed by atoms with E-state index in [-0.39, 0.29) is 6.61 Å². The zero-order valence-electron chi connectivity index (χ0n) is 13.2. The number of nitrogens with zero attached hydrogens (tertiary/aromatic N) is 1. The van der Waals surface area contributed by atoms with Gasteiger partial charge >= 0.3 is 5.97 Å². The third-order valence-electron chi connectivity index (χ3n) is 4.04. The molecule has 0 spiro atoms. The molecule has 2 N–H and O–H groups in total. The predicted octanol–water partition coefficient (Wildman–Crippen LogP) is 2.71. The molecule has 1 amide bonds. The van der Waals surface area contributed by atoms with Crippen LogP contribution in [0.3, 0.4) is 0 Å². The first-order valence-corrected chi connectivity index (χ1v) is 8.39. The average Bonchev–Trinajstić information content (AvgIpc) is 2.79. The van der Waals surface area contributed by atoms with Crippen molar-refractivity contribution < 1.29 is 14.3 Å². The van der Waals surface area contributed by atoms with Crippen molar-refractivity contribution in [1.29, 1.82) is 0 Å². The minimum atomic E-state index is -1.82. The summed E-state index contributed by atoms with van der Waals surface area (Å²) in [4.78, 5) is 27.0. The van der Waals surface area contributed by atoms with E-state index in [0.717, 1.165) is 10.0 Å². The van der Waals surface area contributed by atoms with E-state index in [1.165, 1.54) is 4.90 Å². The number of rotatable bonds is 4. The summed E-state index contributed by atoms with van der Waals surface area (Å²) >= 11 is 3.37. The van der Waals surface area contributed by atoms with E-state index in [4.69, 9.17) is 10.5 Å². The van der Waals surface area contributed by atoms with E-state index in [2.05, 4.69) is 15.9 Å². The number of fused-ring (bicyclic) bond motifs is 1. The fourth-order valence-electron chi connectivity index (χ4n) is 2.86. The van der Waals surface area contributed by atoms with Crippen LogP contribution in [0.5, 0.6) is 0 Å². The molecule has 1 aliphatic rings. The van der Waals surface area contributed by atoms with Crippen molar-refractivity contribution in [3.63, 3.8) is 0 Å². The van der Waals surface area contributed by atoms with Crippen molar-refractivity contribution in [3.8, 4) is 0 Å². The maximum absolute atomic E-state index is 13.0. The summed E-state index contributed by atoms with van der Waals surface area (Å²) in [6.45, 7) is 2.18. The molecule has 0 saturated carbocycles. The molecule has 3 rings (SSSR count). The lowest BCUT2D eigenvalue weighted by molar-refractivity contribution is -0.153.